The number of nitrogens with zero attached hydrogens (tertiary/aromatic N) is 2. The van der Waals surface area contributed by atoms with Crippen molar-refractivity contribution in [1.82, 2.24) is 10.2 Å². The molecule has 78 valence electrons. The third-order valence-electron chi connectivity index (χ3n) is 1.42. The van der Waals surface area contributed by atoms with Gasteiger partial charge in [-0.1, -0.05) is 11.6 Å². The van der Waals surface area contributed by atoms with Crippen LogP contribution in [0.25, 0.3) is 0 Å². The summed E-state index contributed by atoms with van der Waals surface area (Å²) in [6.45, 7) is -0.284. The van der Waals surface area contributed by atoms with Gasteiger partial charge in [-0.15, -0.1) is 10.2 Å². The number of anilines is 1. The molecule has 1 heterocycles. The van der Waals surface area contributed by atoms with E-state index < -0.39 is 12.5 Å². The molecule has 0 spiro atoms. The standard InChI is InChI=1S/C7H8ClF2N3O/c8-5-1-2-6(13-12-5)11-3-4(14)7(9)10/h1-2,4,7,14H,3H2,(H,11,13). The lowest BCUT2D eigenvalue weighted by Crippen LogP contribution is -2.27. The largest absolute Gasteiger partial charge is 0.385 e. The van der Waals surface area contributed by atoms with Crippen molar-refractivity contribution in [1.29, 1.82) is 0 Å². The van der Waals surface area contributed by atoms with Crippen LogP contribution < -0.4 is 5.32 Å². The van der Waals surface area contributed by atoms with Crippen molar-refractivity contribution in [3.8, 4) is 0 Å². The van der Waals surface area contributed by atoms with Crippen LogP contribution in [-0.4, -0.2) is 34.4 Å². The van der Waals surface area contributed by atoms with E-state index in [0.717, 1.165) is 0 Å². The first-order valence-corrected chi connectivity index (χ1v) is 4.16. The Morgan fingerprint density at radius 3 is 2.64 bits per heavy atom. The molecule has 14 heavy (non-hydrogen) atoms. The Kier molecular flexibility index (Phi) is 3.97. The van der Waals surface area contributed by atoms with E-state index >= 15 is 0 Å². The van der Waals surface area contributed by atoms with Crippen LogP contribution in [0.4, 0.5) is 14.6 Å². The molecule has 4 nitrogen and oxygen atoms in total. The maximum absolute atomic E-state index is 11.8. The van der Waals surface area contributed by atoms with Crippen LogP contribution in [0.1, 0.15) is 0 Å². The van der Waals surface area contributed by atoms with E-state index in [1.165, 1.54) is 12.1 Å². The maximum Gasteiger partial charge on any atom is 0.265 e. The topological polar surface area (TPSA) is 58.0 Å². The molecule has 0 aliphatic heterocycles. The normalized spacial score (nSPS) is 12.9. The van der Waals surface area contributed by atoms with Gasteiger partial charge in [-0.25, -0.2) is 8.78 Å². The number of halogens is 3. The molecule has 2 N–H and O–H groups in total. The predicted molar refractivity (Wildman–Crippen MR) is 47.5 cm³/mol. The van der Waals surface area contributed by atoms with Crippen LogP contribution in [0.3, 0.4) is 0 Å². The molecule has 1 atom stereocenters. The summed E-state index contributed by atoms with van der Waals surface area (Å²) in [7, 11) is 0. The summed E-state index contributed by atoms with van der Waals surface area (Å²) >= 11 is 5.45. The van der Waals surface area contributed by atoms with Crippen LogP contribution in [0.2, 0.25) is 5.15 Å². The fourth-order valence-corrected chi connectivity index (χ4v) is 0.809. The molecule has 1 aromatic heterocycles. The van der Waals surface area contributed by atoms with E-state index in [9.17, 15) is 8.78 Å². The van der Waals surface area contributed by atoms with Gasteiger partial charge in [0.25, 0.3) is 6.43 Å². The summed E-state index contributed by atoms with van der Waals surface area (Å²) in [4.78, 5) is 0. The molecule has 0 bridgehead atoms. The minimum absolute atomic E-state index is 0.213. The van der Waals surface area contributed by atoms with Gasteiger partial charge in [0.15, 0.2) is 5.15 Å². The highest BCUT2D eigenvalue weighted by molar-refractivity contribution is 6.29. The van der Waals surface area contributed by atoms with Gasteiger partial charge in [-0.3, -0.25) is 0 Å². The predicted octanol–water partition coefficient (Wildman–Crippen LogP) is 1.17. The fraction of sp³-hybridized carbons (Fsp3) is 0.429. The van der Waals surface area contributed by atoms with Crippen LogP contribution in [0.5, 0.6) is 0 Å². The van der Waals surface area contributed by atoms with Gasteiger partial charge in [-0.2, -0.15) is 0 Å². The summed E-state index contributed by atoms with van der Waals surface area (Å²) < 4.78 is 23.7. The summed E-state index contributed by atoms with van der Waals surface area (Å²) in [5.74, 6) is 0.286. The second-order valence-corrected chi connectivity index (χ2v) is 2.91. The lowest BCUT2D eigenvalue weighted by molar-refractivity contribution is 0.00380. The highest BCUT2D eigenvalue weighted by atomic mass is 35.5. The average molecular weight is 224 g/mol. The fourth-order valence-electron chi connectivity index (χ4n) is 0.709. The average Bonchev–Trinajstić information content (AvgIpc) is 2.16. The third kappa shape index (κ3) is 3.39. The van der Waals surface area contributed by atoms with E-state index in [2.05, 4.69) is 15.5 Å². The molecule has 0 saturated carbocycles. The second-order valence-electron chi connectivity index (χ2n) is 2.52. The molecule has 0 amide bonds. The Hall–Kier alpha value is -1.01. The van der Waals surface area contributed by atoms with E-state index in [-0.39, 0.29) is 17.5 Å². The van der Waals surface area contributed by atoms with Gasteiger partial charge in [0, 0.05) is 6.54 Å². The minimum Gasteiger partial charge on any atom is -0.385 e. The number of hydrogen-bond acceptors (Lipinski definition) is 4. The van der Waals surface area contributed by atoms with E-state index in [0.29, 0.717) is 0 Å². The van der Waals surface area contributed by atoms with Crippen LogP contribution >= 0.6 is 11.6 Å². The maximum atomic E-state index is 11.8. The molecule has 1 unspecified atom stereocenters. The number of aliphatic hydroxyl groups is 1. The molecular formula is C7H8ClF2N3O. The Labute approximate surface area is 83.9 Å². The van der Waals surface area contributed by atoms with Crippen molar-refractivity contribution in [3.63, 3.8) is 0 Å². The Balaban J connectivity index is 2.42. The summed E-state index contributed by atoms with van der Waals surface area (Å²) in [5.41, 5.74) is 0. The van der Waals surface area contributed by atoms with E-state index in [1.807, 2.05) is 0 Å². The number of alkyl halides is 2. The molecular weight excluding hydrogens is 216 g/mol. The molecule has 0 saturated heterocycles. The van der Waals surface area contributed by atoms with Crippen LogP contribution in [0.15, 0.2) is 12.1 Å². The Bertz CT molecular complexity index is 283. The summed E-state index contributed by atoms with van der Waals surface area (Å²) in [5, 5.41) is 18.5. The van der Waals surface area contributed by atoms with Gasteiger partial charge in [0.2, 0.25) is 0 Å². The summed E-state index contributed by atoms with van der Waals surface area (Å²) in [6.07, 6.45) is -4.49. The number of rotatable bonds is 4. The first-order chi connectivity index (χ1) is 6.59. The highest BCUT2D eigenvalue weighted by Crippen LogP contribution is 2.07. The SMILES string of the molecule is OC(CNc1ccc(Cl)nn1)C(F)F. The van der Waals surface area contributed by atoms with Crippen molar-refractivity contribution in [2.24, 2.45) is 0 Å². The van der Waals surface area contributed by atoms with Gasteiger partial charge in [0.05, 0.1) is 0 Å². The zero-order valence-corrected chi connectivity index (χ0v) is 7.75. The number of nitrogens with one attached hydrogen (secondary N) is 1. The molecule has 0 aliphatic carbocycles. The van der Waals surface area contributed by atoms with Crippen molar-refractivity contribution < 1.29 is 13.9 Å². The van der Waals surface area contributed by atoms with Crippen molar-refractivity contribution in [2.75, 3.05) is 11.9 Å². The first kappa shape index (κ1) is 11.1. The van der Waals surface area contributed by atoms with Crippen molar-refractivity contribution in [2.45, 2.75) is 12.5 Å². The van der Waals surface area contributed by atoms with Crippen molar-refractivity contribution >= 4 is 17.4 Å². The summed E-state index contributed by atoms with van der Waals surface area (Å²) in [6, 6.07) is 2.94. The van der Waals surface area contributed by atoms with Gasteiger partial charge < -0.3 is 10.4 Å². The molecule has 0 radical (unpaired) electrons. The number of aromatic nitrogens is 2. The smallest absolute Gasteiger partial charge is 0.265 e. The highest BCUT2D eigenvalue weighted by Gasteiger charge is 2.16. The zero-order chi connectivity index (χ0) is 10.6. The second kappa shape index (κ2) is 5.02. The molecule has 1 rings (SSSR count). The Morgan fingerprint density at radius 1 is 1.43 bits per heavy atom. The molecule has 0 aliphatic rings. The van der Waals surface area contributed by atoms with Crippen LogP contribution in [0, 0.1) is 0 Å². The quantitative estimate of drug-likeness (QED) is 0.805. The lowest BCUT2D eigenvalue weighted by atomic mass is 10.3. The van der Waals surface area contributed by atoms with Gasteiger partial charge >= 0.3 is 0 Å². The van der Waals surface area contributed by atoms with Crippen LogP contribution in [-0.2, 0) is 0 Å². The lowest BCUT2D eigenvalue weighted by Gasteiger charge is -2.10. The molecule has 0 aromatic carbocycles. The Morgan fingerprint density at radius 2 is 2.14 bits per heavy atom. The first-order valence-electron chi connectivity index (χ1n) is 3.79. The molecule has 7 heteroatoms. The van der Waals surface area contributed by atoms with Gasteiger partial charge in [0.1, 0.15) is 11.9 Å². The van der Waals surface area contributed by atoms with E-state index in [1.54, 1.807) is 0 Å². The number of hydrogen-bond donors (Lipinski definition) is 2. The monoisotopic (exact) mass is 223 g/mol. The number of aliphatic hydroxyl groups excluding tert-OH is 1. The minimum atomic E-state index is -2.78. The molecule has 0 fully saturated rings. The van der Waals surface area contributed by atoms with E-state index in [4.69, 9.17) is 16.7 Å². The van der Waals surface area contributed by atoms with Gasteiger partial charge in [-0.05, 0) is 12.1 Å². The third-order valence-corrected chi connectivity index (χ3v) is 1.62. The zero-order valence-electron chi connectivity index (χ0n) is 6.99. The van der Waals surface area contributed by atoms with Crippen molar-refractivity contribution in [3.05, 3.63) is 17.3 Å². The molecule has 1 aromatic rings.